The van der Waals surface area contributed by atoms with Crippen LogP contribution < -0.4 is 11.1 Å². The molecule has 4 atom stereocenters. The molecule has 0 unspecified atom stereocenters. The summed E-state index contributed by atoms with van der Waals surface area (Å²) in [6.45, 7) is 5.83. The fourth-order valence-electron chi connectivity index (χ4n) is 2.99. The molecule has 0 saturated carbocycles. The van der Waals surface area contributed by atoms with E-state index in [0.717, 1.165) is 24.9 Å². The minimum Gasteiger partial charge on any atom is -0.508 e. The summed E-state index contributed by atoms with van der Waals surface area (Å²) in [4.78, 5) is 14.7. The maximum atomic E-state index is 12.9. The van der Waals surface area contributed by atoms with Crippen LogP contribution in [0.4, 0.5) is 0 Å². The van der Waals surface area contributed by atoms with Gasteiger partial charge in [-0.15, -0.1) is 0 Å². The van der Waals surface area contributed by atoms with Gasteiger partial charge in [0.1, 0.15) is 5.75 Å². The third-order valence-electron chi connectivity index (χ3n) is 4.85. The molecule has 1 aromatic rings. The number of aromatic hydroxyl groups is 1. The van der Waals surface area contributed by atoms with E-state index in [1.165, 1.54) is 0 Å². The van der Waals surface area contributed by atoms with Crippen LogP contribution in [0.1, 0.15) is 32.3 Å². The number of nitrogens with two attached hydrogens (primary N) is 1. The molecule has 0 bridgehead atoms. The van der Waals surface area contributed by atoms with Crippen molar-refractivity contribution in [1.29, 1.82) is 0 Å². The molecule has 134 valence electrons. The van der Waals surface area contributed by atoms with Crippen molar-refractivity contribution in [2.45, 2.75) is 50.6 Å². The molecule has 5 nitrogen and oxygen atoms in total. The van der Waals surface area contributed by atoms with Crippen LogP contribution in [-0.4, -0.2) is 46.3 Å². The molecule has 1 amide bonds. The Morgan fingerprint density at radius 3 is 2.79 bits per heavy atom. The van der Waals surface area contributed by atoms with Crippen LogP contribution in [0.2, 0.25) is 0 Å². The van der Waals surface area contributed by atoms with Gasteiger partial charge in [-0.25, -0.2) is 0 Å². The van der Waals surface area contributed by atoms with Crippen molar-refractivity contribution in [3.8, 4) is 5.75 Å². The Balaban J connectivity index is 2.14. The second-order valence-corrected chi connectivity index (χ2v) is 7.48. The van der Waals surface area contributed by atoms with Crippen molar-refractivity contribution in [1.82, 2.24) is 10.2 Å². The first-order valence-electron chi connectivity index (χ1n) is 8.65. The number of rotatable bonds is 7. The first-order valence-corrected chi connectivity index (χ1v) is 9.16. The Hall–Kier alpha value is -1.24. The predicted molar refractivity (Wildman–Crippen MR) is 100 cm³/mol. The summed E-state index contributed by atoms with van der Waals surface area (Å²) in [6.07, 6.45) is 1.78. The minimum absolute atomic E-state index is 0.0583. The first kappa shape index (κ1) is 19.1. The zero-order valence-corrected chi connectivity index (χ0v) is 15.4. The molecule has 1 aliphatic rings. The van der Waals surface area contributed by atoms with E-state index in [2.05, 4.69) is 17.9 Å². The van der Waals surface area contributed by atoms with Crippen molar-refractivity contribution in [3.05, 3.63) is 29.8 Å². The summed E-state index contributed by atoms with van der Waals surface area (Å²) >= 11 is 4.50. The normalized spacial score (nSPS) is 23.0. The Kier molecular flexibility index (Phi) is 6.95. The van der Waals surface area contributed by atoms with Gasteiger partial charge in [0.05, 0.1) is 6.04 Å². The maximum absolute atomic E-state index is 12.9. The van der Waals surface area contributed by atoms with Crippen molar-refractivity contribution >= 4 is 18.5 Å². The highest BCUT2D eigenvalue weighted by Crippen LogP contribution is 2.21. The summed E-state index contributed by atoms with van der Waals surface area (Å²) in [5.74, 6) is 0.273. The third-order valence-corrected chi connectivity index (χ3v) is 5.24. The topological polar surface area (TPSA) is 78.6 Å². The predicted octanol–water partition coefficient (Wildman–Crippen LogP) is 1.75. The number of phenolic OH excluding ortho intramolecular Hbond substituents is 1. The number of carbonyl (C=O) groups excluding carboxylic acids is 1. The molecule has 0 radical (unpaired) electrons. The van der Waals surface area contributed by atoms with Crippen LogP contribution in [0, 0.1) is 5.92 Å². The monoisotopic (exact) mass is 351 g/mol. The number of nitrogens with one attached hydrogen (secondary N) is 1. The van der Waals surface area contributed by atoms with Gasteiger partial charge >= 0.3 is 0 Å². The van der Waals surface area contributed by atoms with Crippen LogP contribution in [0.25, 0.3) is 0 Å². The van der Waals surface area contributed by atoms with E-state index in [1.54, 1.807) is 17.0 Å². The highest BCUT2D eigenvalue weighted by molar-refractivity contribution is 7.81. The zero-order valence-electron chi connectivity index (χ0n) is 14.5. The van der Waals surface area contributed by atoms with Crippen LogP contribution in [0.3, 0.4) is 0 Å². The van der Waals surface area contributed by atoms with Crippen LogP contribution in [0.15, 0.2) is 24.3 Å². The van der Waals surface area contributed by atoms with E-state index >= 15 is 0 Å². The molecule has 0 spiro atoms. The van der Waals surface area contributed by atoms with Gasteiger partial charge in [0, 0.05) is 36.5 Å². The van der Waals surface area contributed by atoms with Crippen LogP contribution in [0.5, 0.6) is 5.75 Å². The summed E-state index contributed by atoms with van der Waals surface area (Å²) in [5.41, 5.74) is 6.91. The van der Waals surface area contributed by atoms with Crippen molar-refractivity contribution in [3.63, 3.8) is 0 Å². The molecule has 2 rings (SSSR count). The van der Waals surface area contributed by atoms with Gasteiger partial charge in [-0.05, 0) is 18.4 Å². The summed E-state index contributed by atoms with van der Waals surface area (Å²) in [6, 6.07) is 6.82. The smallest absolute Gasteiger partial charge is 0.240 e. The van der Waals surface area contributed by atoms with E-state index in [4.69, 9.17) is 5.73 Å². The number of para-hydroxylation sites is 1. The Bertz CT molecular complexity index is 555. The fourth-order valence-corrected chi connectivity index (χ4v) is 3.35. The highest BCUT2D eigenvalue weighted by Gasteiger charge is 2.30. The molecule has 4 N–H and O–H groups in total. The van der Waals surface area contributed by atoms with Crippen molar-refractivity contribution in [2.24, 2.45) is 11.7 Å². The number of thiol groups is 1. The second-order valence-electron chi connectivity index (χ2n) is 6.75. The molecular formula is C18H29N3O2S. The van der Waals surface area contributed by atoms with Crippen LogP contribution in [-0.2, 0) is 11.3 Å². The molecular weight excluding hydrogens is 322 g/mol. The second kappa shape index (κ2) is 8.74. The molecule has 1 aromatic carbocycles. The van der Waals surface area contributed by atoms with Gasteiger partial charge in [0.2, 0.25) is 5.91 Å². The van der Waals surface area contributed by atoms with E-state index in [9.17, 15) is 9.90 Å². The number of phenols is 1. The molecule has 6 heteroatoms. The number of amides is 1. The first-order chi connectivity index (χ1) is 11.4. The average molecular weight is 352 g/mol. The molecule has 1 fully saturated rings. The molecule has 0 aromatic heterocycles. The molecule has 0 aliphatic carbocycles. The SMILES string of the molecule is CC[C@H](C)[C@H](N)C(=O)N(Cc1ccccc1O)C[C@H]1C[C@@H](S)CN1. The third kappa shape index (κ3) is 4.88. The zero-order chi connectivity index (χ0) is 17.7. The molecule has 1 aliphatic heterocycles. The fraction of sp³-hybridized carbons (Fsp3) is 0.611. The molecule has 1 heterocycles. The number of benzene rings is 1. The van der Waals surface area contributed by atoms with Gasteiger partial charge < -0.3 is 21.1 Å². The highest BCUT2D eigenvalue weighted by atomic mass is 32.1. The van der Waals surface area contributed by atoms with Crippen LogP contribution >= 0.6 is 12.6 Å². The lowest BCUT2D eigenvalue weighted by Crippen LogP contribution is -2.50. The lowest BCUT2D eigenvalue weighted by atomic mass is 9.98. The van der Waals surface area contributed by atoms with E-state index in [1.807, 2.05) is 26.0 Å². The quantitative estimate of drug-likeness (QED) is 0.565. The summed E-state index contributed by atoms with van der Waals surface area (Å²) < 4.78 is 0. The Morgan fingerprint density at radius 2 is 2.21 bits per heavy atom. The Morgan fingerprint density at radius 1 is 1.50 bits per heavy atom. The Labute approximate surface area is 150 Å². The standard InChI is InChI=1S/C18H29N3O2S/c1-3-12(2)17(19)18(23)21(11-14-8-15(24)9-20-14)10-13-6-4-5-7-16(13)22/h4-7,12,14-15,17,20,22,24H,3,8-11,19H2,1-2H3/t12-,14+,15+,17-/m0/s1. The van der Waals surface area contributed by atoms with E-state index < -0.39 is 6.04 Å². The summed E-state index contributed by atoms with van der Waals surface area (Å²) in [5, 5.41) is 13.8. The van der Waals surface area contributed by atoms with Gasteiger partial charge in [-0.1, -0.05) is 38.5 Å². The molecule has 24 heavy (non-hydrogen) atoms. The maximum Gasteiger partial charge on any atom is 0.240 e. The molecule has 1 saturated heterocycles. The number of carbonyl (C=O) groups is 1. The van der Waals surface area contributed by atoms with Gasteiger partial charge in [0.15, 0.2) is 0 Å². The summed E-state index contributed by atoms with van der Waals surface area (Å²) in [7, 11) is 0. The van der Waals surface area contributed by atoms with Crippen molar-refractivity contribution < 1.29 is 9.90 Å². The van der Waals surface area contributed by atoms with Gasteiger partial charge in [-0.2, -0.15) is 12.6 Å². The van der Waals surface area contributed by atoms with Gasteiger partial charge in [-0.3, -0.25) is 4.79 Å². The van der Waals surface area contributed by atoms with E-state index in [-0.39, 0.29) is 23.6 Å². The minimum atomic E-state index is -0.519. The number of hydrogen-bond donors (Lipinski definition) is 4. The van der Waals surface area contributed by atoms with Crippen molar-refractivity contribution in [2.75, 3.05) is 13.1 Å². The van der Waals surface area contributed by atoms with Gasteiger partial charge in [0.25, 0.3) is 0 Å². The lowest BCUT2D eigenvalue weighted by Gasteiger charge is -2.30. The van der Waals surface area contributed by atoms with E-state index in [0.29, 0.717) is 18.3 Å². The lowest BCUT2D eigenvalue weighted by molar-refractivity contribution is -0.134. The number of hydrogen-bond acceptors (Lipinski definition) is 5. The largest absolute Gasteiger partial charge is 0.508 e. The average Bonchev–Trinajstić information content (AvgIpc) is 2.99. The number of nitrogens with zero attached hydrogens (tertiary/aromatic N) is 1.